The molecule has 7 heteroatoms. The van der Waals surface area contributed by atoms with Gasteiger partial charge in [-0.05, 0) is 56.2 Å². The highest BCUT2D eigenvalue weighted by Gasteiger charge is 2.19. The van der Waals surface area contributed by atoms with Crippen LogP contribution in [0.2, 0.25) is 0 Å². The average molecular weight is 425 g/mol. The molecular formula is C23H24N2O4S. The number of carbonyl (C=O) groups excluding carboxylic acids is 1. The molecule has 0 aliphatic carbocycles. The zero-order valence-corrected chi connectivity index (χ0v) is 17.8. The van der Waals surface area contributed by atoms with Crippen LogP contribution in [-0.4, -0.2) is 37.3 Å². The first kappa shape index (κ1) is 20.4. The molecule has 30 heavy (non-hydrogen) atoms. The van der Waals surface area contributed by atoms with Gasteiger partial charge in [-0.25, -0.2) is 4.98 Å². The number of carbonyl (C=O) groups is 1. The first-order chi connectivity index (χ1) is 14.6. The molecule has 1 N–H and O–H groups in total. The van der Waals surface area contributed by atoms with E-state index in [0.717, 1.165) is 41.3 Å². The number of benzene rings is 2. The van der Waals surface area contributed by atoms with Crippen molar-refractivity contribution in [1.82, 2.24) is 4.98 Å². The van der Waals surface area contributed by atoms with Crippen LogP contribution in [0.5, 0.6) is 11.5 Å². The van der Waals surface area contributed by atoms with Crippen molar-refractivity contribution >= 4 is 22.4 Å². The number of hydrogen-bond acceptors (Lipinski definition) is 6. The number of methoxy groups -OCH3 is 1. The van der Waals surface area contributed by atoms with Gasteiger partial charge in [-0.1, -0.05) is 12.1 Å². The number of para-hydroxylation sites is 1. The van der Waals surface area contributed by atoms with Gasteiger partial charge < -0.3 is 14.2 Å². The second kappa shape index (κ2) is 9.28. The van der Waals surface area contributed by atoms with Gasteiger partial charge in [-0.2, -0.15) is 0 Å². The number of anilines is 1. The van der Waals surface area contributed by atoms with Gasteiger partial charge >= 0.3 is 0 Å². The Hall–Kier alpha value is -2.90. The minimum absolute atomic E-state index is 0.0924. The maximum atomic E-state index is 12.9. The molecule has 6 nitrogen and oxygen atoms in total. The van der Waals surface area contributed by atoms with Gasteiger partial charge in [-0.3, -0.25) is 10.1 Å². The Balaban J connectivity index is 1.47. The predicted molar refractivity (Wildman–Crippen MR) is 118 cm³/mol. The highest BCUT2D eigenvalue weighted by Crippen LogP contribution is 2.32. The zero-order chi connectivity index (χ0) is 20.9. The van der Waals surface area contributed by atoms with Crippen molar-refractivity contribution in [1.29, 1.82) is 0 Å². The minimum atomic E-state index is -0.243. The highest BCUT2D eigenvalue weighted by molar-refractivity contribution is 7.16. The summed E-state index contributed by atoms with van der Waals surface area (Å²) in [5.41, 5.74) is 2.31. The second-order valence-corrected chi connectivity index (χ2v) is 8.25. The van der Waals surface area contributed by atoms with Gasteiger partial charge in [0.25, 0.3) is 5.91 Å². The van der Waals surface area contributed by atoms with E-state index in [1.807, 2.05) is 43.3 Å². The second-order valence-electron chi connectivity index (χ2n) is 7.05. The summed E-state index contributed by atoms with van der Waals surface area (Å²) < 4.78 is 16.7. The summed E-state index contributed by atoms with van der Waals surface area (Å²) in [5.74, 6) is 1.10. The molecular weight excluding hydrogens is 400 g/mol. The number of hydrogen-bond donors (Lipinski definition) is 1. The maximum absolute atomic E-state index is 12.9. The molecule has 0 unspecified atom stereocenters. The van der Waals surface area contributed by atoms with E-state index in [4.69, 9.17) is 14.2 Å². The molecule has 1 saturated heterocycles. The van der Waals surface area contributed by atoms with E-state index in [1.54, 1.807) is 19.2 Å². The number of thiazole rings is 1. The van der Waals surface area contributed by atoms with E-state index < -0.39 is 0 Å². The van der Waals surface area contributed by atoms with Gasteiger partial charge in [0, 0.05) is 17.0 Å². The van der Waals surface area contributed by atoms with Crippen LogP contribution < -0.4 is 14.8 Å². The van der Waals surface area contributed by atoms with Crippen LogP contribution in [0.3, 0.4) is 0 Å². The largest absolute Gasteiger partial charge is 0.497 e. The van der Waals surface area contributed by atoms with Crippen molar-refractivity contribution in [2.24, 2.45) is 0 Å². The summed E-state index contributed by atoms with van der Waals surface area (Å²) in [6, 6.07) is 15.0. The first-order valence-corrected chi connectivity index (χ1v) is 10.7. The third kappa shape index (κ3) is 4.63. The minimum Gasteiger partial charge on any atom is -0.497 e. The smallest absolute Gasteiger partial charge is 0.261 e. The molecule has 0 spiro atoms. The van der Waals surface area contributed by atoms with Crippen LogP contribution in [0.15, 0.2) is 48.5 Å². The molecule has 1 aliphatic rings. The summed E-state index contributed by atoms with van der Waals surface area (Å²) in [5, 5.41) is 3.47. The molecule has 1 aliphatic heterocycles. The molecule has 0 saturated carbocycles. The fourth-order valence-electron chi connectivity index (χ4n) is 3.37. The van der Waals surface area contributed by atoms with Gasteiger partial charge in [0.1, 0.15) is 18.1 Å². The van der Waals surface area contributed by atoms with Gasteiger partial charge in [0.15, 0.2) is 5.13 Å². The van der Waals surface area contributed by atoms with Gasteiger partial charge in [-0.15, -0.1) is 11.3 Å². The predicted octanol–water partition coefficient (Wildman–Crippen LogP) is 4.94. The van der Waals surface area contributed by atoms with E-state index in [0.29, 0.717) is 23.1 Å². The highest BCUT2D eigenvalue weighted by atomic mass is 32.1. The molecule has 2 aromatic carbocycles. The monoisotopic (exact) mass is 424 g/mol. The standard InChI is InChI=1S/C23H24N2O4S/c1-15-21(16-9-11-17(27-2)12-10-16)24-23(30-15)25-22(26)19-7-3-4-8-20(19)29-14-18-6-5-13-28-18/h3-4,7-12,18H,5-6,13-14H2,1-2H3,(H,24,25,26)/t18-/m0/s1. The first-order valence-electron chi connectivity index (χ1n) is 9.90. The molecule has 4 rings (SSSR count). The normalized spacial score (nSPS) is 15.7. The Labute approximate surface area is 179 Å². The topological polar surface area (TPSA) is 69.7 Å². The van der Waals surface area contributed by atoms with Crippen molar-refractivity contribution in [3.05, 3.63) is 59.0 Å². The molecule has 1 aromatic heterocycles. The molecule has 1 amide bonds. The number of nitrogens with one attached hydrogen (secondary N) is 1. The molecule has 156 valence electrons. The lowest BCUT2D eigenvalue weighted by Gasteiger charge is -2.14. The lowest BCUT2D eigenvalue weighted by Crippen LogP contribution is -2.19. The molecule has 2 heterocycles. The van der Waals surface area contributed by atoms with Gasteiger partial charge in [0.05, 0.1) is 24.5 Å². The van der Waals surface area contributed by atoms with Crippen LogP contribution >= 0.6 is 11.3 Å². The number of amides is 1. The summed E-state index contributed by atoms with van der Waals surface area (Å²) >= 11 is 1.45. The van der Waals surface area contributed by atoms with Crippen molar-refractivity contribution in [3.63, 3.8) is 0 Å². The average Bonchev–Trinajstić information content (AvgIpc) is 3.42. The molecule has 1 atom stereocenters. The Bertz CT molecular complexity index is 1010. The number of aryl methyl sites for hydroxylation is 1. The number of aromatic nitrogens is 1. The summed E-state index contributed by atoms with van der Waals surface area (Å²) in [7, 11) is 1.64. The Morgan fingerprint density at radius 2 is 2.03 bits per heavy atom. The third-order valence-corrected chi connectivity index (χ3v) is 5.85. The number of nitrogens with zero attached hydrogens (tertiary/aromatic N) is 1. The zero-order valence-electron chi connectivity index (χ0n) is 17.0. The fourth-order valence-corrected chi connectivity index (χ4v) is 4.20. The number of rotatable bonds is 7. The third-order valence-electron chi connectivity index (χ3n) is 4.96. The quantitative estimate of drug-likeness (QED) is 0.582. The SMILES string of the molecule is COc1ccc(-c2nc(NC(=O)c3ccccc3OC[C@@H]3CCCO3)sc2C)cc1. The maximum Gasteiger partial charge on any atom is 0.261 e. The van der Waals surface area contributed by atoms with E-state index in [9.17, 15) is 4.79 Å². The van der Waals surface area contributed by atoms with E-state index >= 15 is 0 Å². The fraction of sp³-hybridized carbons (Fsp3) is 0.304. The van der Waals surface area contributed by atoms with Crippen molar-refractivity contribution in [3.8, 4) is 22.8 Å². The lowest BCUT2D eigenvalue weighted by atomic mass is 10.1. The number of ether oxygens (including phenoxy) is 3. The lowest BCUT2D eigenvalue weighted by molar-refractivity contribution is 0.0673. The van der Waals surface area contributed by atoms with Crippen LogP contribution in [-0.2, 0) is 4.74 Å². The van der Waals surface area contributed by atoms with E-state index in [1.165, 1.54) is 11.3 Å². The molecule has 3 aromatic rings. The van der Waals surface area contributed by atoms with Gasteiger partial charge in [0.2, 0.25) is 0 Å². The van der Waals surface area contributed by atoms with Crippen molar-refractivity contribution < 1.29 is 19.0 Å². The van der Waals surface area contributed by atoms with Crippen molar-refractivity contribution in [2.75, 3.05) is 25.6 Å². The summed E-state index contributed by atoms with van der Waals surface area (Å²) in [6.45, 7) is 3.21. The van der Waals surface area contributed by atoms with Crippen LogP contribution in [0.4, 0.5) is 5.13 Å². The molecule has 0 radical (unpaired) electrons. The molecule has 1 fully saturated rings. The summed E-state index contributed by atoms with van der Waals surface area (Å²) in [4.78, 5) is 18.6. The van der Waals surface area contributed by atoms with Crippen LogP contribution in [0.1, 0.15) is 28.1 Å². The molecule has 0 bridgehead atoms. The Morgan fingerprint density at radius 3 is 2.77 bits per heavy atom. The Morgan fingerprint density at radius 1 is 1.23 bits per heavy atom. The van der Waals surface area contributed by atoms with Crippen LogP contribution in [0.25, 0.3) is 11.3 Å². The van der Waals surface area contributed by atoms with E-state index in [2.05, 4.69) is 10.3 Å². The van der Waals surface area contributed by atoms with Crippen LogP contribution in [0, 0.1) is 6.92 Å². The summed E-state index contributed by atoms with van der Waals surface area (Å²) in [6.07, 6.45) is 2.13. The van der Waals surface area contributed by atoms with Crippen molar-refractivity contribution in [2.45, 2.75) is 25.9 Å². The Kier molecular flexibility index (Phi) is 6.30. The van der Waals surface area contributed by atoms with E-state index in [-0.39, 0.29) is 12.0 Å².